The zero-order valence-electron chi connectivity index (χ0n) is 14.7. The van der Waals surface area contributed by atoms with E-state index in [2.05, 4.69) is 48.5 Å². The van der Waals surface area contributed by atoms with Crippen LogP contribution in [0.15, 0.2) is 47.2 Å². The molecule has 0 radical (unpaired) electrons. The molecule has 1 aromatic carbocycles. The summed E-state index contributed by atoms with van der Waals surface area (Å²) < 4.78 is 7.00. The molecule has 3 rings (SSSR count). The van der Waals surface area contributed by atoms with Crippen molar-refractivity contribution in [3.63, 3.8) is 0 Å². The first kappa shape index (κ1) is 17.0. The normalized spacial score (nSPS) is 11.0. The molecular formula is C19H22N4O2. The fraction of sp³-hybridized carbons (Fsp3) is 0.316. The Hall–Kier alpha value is -2.89. The van der Waals surface area contributed by atoms with Gasteiger partial charge in [0.1, 0.15) is 5.76 Å². The lowest BCUT2D eigenvalue weighted by atomic mass is 10.1. The summed E-state index contributed by atoms with van der Waals surface area (Å²) >= 11 is 0. The SMILES string of the molecule is Cc1ccccc1Cn1cc(NC(=O)c2cc(CC(C)C)on2)cn1. The van der Waals surface area contributed by atoms with Crippen LogP contribution in [0.25, 0.3) is 0 Å². The second-order valence-corrected chi connectivity index (χ2v) is 6.58. The summed E-state index contributed by atoms with van der Waals surface area (Å²) in [4.78, 5) is 12.3. The van der Waals surface area contributed by atoms with Gasteiger partial charge < -0.3 is 9.84 Å². The minimum Gasteiger partial charge on any atom is -0.361 e. The van der Waals surface area contributed by atoms with Gasteiger partial charge in [-0.15, -0.1) is 0 Å². The first-order valence-corrected chi connectivity index (χ1v) is 8.35. The number of aromatic nitrogens is 3. The van der Waals surface area contributed by atoms with Crippen LogP contribution in [0.1, 0.15) is 41.2 Å². The van der Waals surface area contributed by atoms with Gasteiger partial charge >= 0.3 is 0 Å². The van der Waals surface area contributed by atoms with Gasteiger partial charge in [-0.05, 0) is 24.0 Å². The summed E-state index contributed by atoms with van der Waals surface area (Å²) in [5.74, 6) is 0.869. The highest BCUT2D eigenvalue weighted by molar-refractivity contribution is 6.02. The predicted octanol–water partition coefficient (Wildman–Crippen LogP) is 3.68. The van der Waals surface area contributed by atoms with Gasteiger partial charge in [-0.1, -0.05) is 43.3 Å². The molecule has 0 fully saturated rings. The summed E-state index contributed by atoms with van der Waals surface area (Å²) in [6.07, 6.45) is 4.19. The number of hydrogen-bond acceptors (Lipinski definition) is 4. The number of benzene rings is 1. The minimum atomic E-state index is -0.297. The molecule has 3 aromatic rings. The Morgan fingerprint density at radius 3 is 2.88 bits per heavy atom. The molecule has 6 heteroatoms. The zero-order valence-corrected chi connectivity index (χ0v) is 14.7. The highest BCUT2D eigenvalue weighted by atomic mass is 16.5. The lowest BCUT2D eigenvalue weighted by molar-refractivity contribution is 0.101. The van der Waals surface area contributed by atoms with Crippen LogP contribution in [-0.2, 0) is 13.0 Å². The molecule has 0 aliphatic heterocycles. The third kappa shape index (κ3) is 4.35. The van der Waals surface area contributed by atoms with Crippen LogP contribution in [0.2, 0.25) is 0 Å². The van der Waals surface area contributed by atoms with Crippen molar-refractivity contribution in [3.8, 4) is 0 Å². The van der Waals surface area contributed by atoms with Gasteiger partial charge in [-0.3, -0.25) is 9.48 Å². The summed E-state index contributed by atoms with van der Waals surface area (Å²) in [7, 11) is 0. The molecule has 130 valence electrons. The number of rotatable bonds is 6. The number of anilines is 1. The minimum absolute atomic E-state index is 0.280. The third-order valence-corrected chi connectivity index (χ3v) is 3.89. The van der Waals surface area contributed by atoms with E-state index in [0.29, 0.717) is 18.2 Å². The first-order chi connectivity index (χ1) is 12.0. The lowest BCUT2D eigenvalue weighted by Gasteiger charge is -2.05. The van der Waals surface area contributed by atoms with Crippen molar-refractivity contribution in [1.29, 1.82) is 0 Å². The molecule has 1 amide bonds. The van der Waals surface area contributed by atoms with Crippen LogP contribution in [0.5, 0.6) is 0 Å². The molecule has 6 nitrogen and oxygen atoms in total. The molecule has 0 bridgehead atoms. The molecule has 0 unspecified atom stereocenters. The van der Waals surface area contributed by atoms with E-state index in [1.54, 1.807) is 23.1 Å². The van der Waals surface area contributed by atoms with Crippen molar-refractivity contribution in [2.75, 3.05) is 5.32 Å². The number of aryl methyl sites for hydroxylation is 1. The van der Waals surface area contributed by atoms with Gasteiger partial charge in [-0.25, -0.2) is 0 Å². The molecule has 25 heavy (non-hydrogen) atoms. The van der Waals surface area contributed by atoms with E-state index in [1.807, 2.05) is 12.1 Å². The summed E-state index contributed by atoms with van der Waals surface area (Å²) in [6, 6.07) is 9.85. The van der Waals surface area contributed by atoms with E-state index in [1.165, 1.54) is 11.1 Å². The van der Waals surface area contributed by atoms with Crippen LogP contribution >= 0.6 is 0 Å². The summed E-state index contributed by atoms with van der Waals surface area (Å²) in [5.41, 5.74) is 3.32. The van der Waals surface area contributed by atoms with E-state index in [9.17, 15) is 4.79 Å². The lowest BCUT2D eigenvalue weighted by Crippen LogP contribution is -2.11. The monoisotopic (exact) mass is 338 g/mol. The Morgan fingerprint density at radius 2 is 2.12 bits per heavy atom. The van der Waals surface area contributed by atoms with Crippen molar-refractivity contribution >= 4 is 11.6 Å². The number of carbonyl (C=O) groups is 1. The number of nitrogens with zero attached hydrogens (tertiary/aromatic N) is 3. The summed E-state index contributed by atoms with van der Waals surface area (Å²) in [6.45, 7) is 6.90. The second-order valence-electron chi connectivity index (χ2n) is 6.58. The first-order valence-electron chi connectivity index (χ1n) is 8.35. The number of amides is 1. The van der Waals surface area contributed by atoms with Gasteiger partial charge in [0.2, 0.25) is 0 Å². The topological polar surface area (TPSA) is 73.0 Å². The van der Waals surface area contributed by atoms with Crippen LogP contribution in [0.4, 0.5) is 5.69 Å². The second kappa shape index (κ2) is 7.34. The van der Waals surface area contributed by atoms with Crippen LogP contribution in [0, 0.1) is 12.8 Å². The van der Waals surface area contributed by atoms with Crippen LogP contribution in [-0.4, -0.2) is 20.8 Å². The predicted molar refractivity (Wildman–Crippen MR) is 95.5 cm³/mol. The molecule has 0 saturated carbocycles. The van der Waals surface area contributed by atoms with Crippen molar-refractivity contribution in [2.24, 2.45) is 5.92 Å². The fourth-order valence-corrected chi connectivity index (χ4v) is 2.59. The average molecular weight is 338 g/mol. The van der Waals surface area contributed by atoms with Crippen LogP contribution < -0.4 is 5.32 Å². The number of carbonyl (C=O) groups excluding carboxylic acids is 1. The molecule has 0 aliphatic rings. The van der Waals surface area contributed by atoms with Gasteiger partial charge in [0, 0.05) is 18.7 Å². The van der Waals surface area contributed by atoms with Crippen LogP contribution in [0.3, 0.4) is 0 Å². The van der Waals surface area contributed by atoms with Gasteiger partial charge in [-0.2, -0.15) is 5.10 Å². The maximum atomic E-state index is 12.3. The highest BCUT2D eigenvalue weighted by Gasteiger charge is 2.14. The van der Waals surface area contributed by atoms with E-state index in [-0.39, 0.29) is 11.6 Å². The Bertz CT molecular complexity index is 864. The molecule has 0 atom stereocenters. The standard InChI is InChI=1S/C19H22N4O2/c1-13(2)8-17-9-18(22-25-17)19(24)21-16-10-20-23(12-16)11-15-7-5-4-6-14(15)3/h4-7,9-10,12-13H,8,11H2,1-3H3,(H,21,24). The maximum absolute atomic E-state index is 12.3. The van der Waals surface area contributed by atoms with Crippen molar-refractivity contribution in [1.82, 2.24) is 14.9 Å². The Morgan fingerprint density at radius 1 is 1.32 bits per heavy atom. The smallest absolute Gasteiger partial charge is 0.277 e. The maximum Gasteiger partial charge on any atom is 0.277 e. The molecule has 0 saturated heterocycles. The van der Waals surface area contributed by atoms with Crippen molar-refractivity contribution in [2.45, 2.75) is 33.7 Å². The Labute approximate surface area is 146 Å². The van der Waals surface area contributed by atoms with E-state index in [4.69, 9.17) is 4.52 Å². The molecule has 1 N–H and O–H groups in total. The molecular weight excluding hydrogens is 316 g/mol. The average Bonchev–Trinajstić information content (AvgIpc) is 3.19. The summed E-state index contributed by atoms with van der Waals surface area (Å²) in [5, 5.41) is 10.9. The molecule has 2 aromatic heterocycles. The zero-order chi connectivity index (χ0) is 17.8. The van der Waals surface area contributed by atoms with E-state index < -0.39 is 0 Å². The third-order valence-electron chi connectivity index (χ3n) is 3.89. The Kier molecular flexibility index (Phi) is 4.97. The largest absolute Gasteiger partial charge is 0.361 e. The quantitative estimate of drug-likeness (QED) is 0.744. The van der Waals surface area contributed by atoms with Gasteiger partial charge in [0.15, 0.2) is 5.69 Å². The van der Waals surface area contributed by atoms with Crippen molar-refractivity contribution < 1.29 is 9.32 Å². The van der Waals surface area contributed by atoms with Crippen molar-refractivity contribution in [3.05, 3.63) is 65.3 Å². The fourth-order valence-electron chi connectivity index (χ4n) is 2.59. The molecule has 2 heterocycles. The number of nitrogens with one attached hydrogen (secondary N) is 1. The number of hydrogen-bond donors (Lipinski definition) is 1. The van der Waals surface area contributed by atoms with Gasteiger partial charge in [0.05, 0.1) is 18.4 Å². The van der Waals surface area contributed by atoms with Gasteiger partial charge in [0.25, 0.3) is 5.91 Å². The molecule has 0 spiro atoms. The van der Waals surface area contributed by atoms with E-state index >= 15 is 0 Å². The Balaban J connectivity index is 1.64. The highest BCUT2D eigenvalue weighted by Crippen LogP contribution is 2.14. The molecule has 0 aliphatic carbocycles. The van der Waals surface area contributed by atoms with E-state index in [0.717, 1.165) is 12.2 Å².